The number of benzene rings is 4. The van der Waals surface area contributed by atoms with Crippen LogP contribution >= 0.6 is 0 Å². The molecule has 4 aromatic rings. The maximum absolute atomic E-state index is 12.9. The summed E-state index contributed by atoms with van der Waals surface area (Å²) in [4.78, 5) is 0. The minimum Gasteiger partial charge on any atom is -0.379 e. The molecule has 110 valence electrons. The molecule has 4 aromatic carbocycles. The van der Waals surface area contributed by atoms with Crippen LogP contribution in [0.3, 0.4) is 0 Å². The first-order chi connectivity index (χ1) is 10.5. The Morgan fingerprint density at radius 2 is 1.27 bits per heavy atom. The van der Waals surface area contributed by atoms with Crippen LogP contribution in [-0.4, -0.2) is 11.3 Å². The number of aliphatic hydroxyl groups excluding tert-OH is 1. The zero-order chi connectivity index (χ0) is 15.5. The fourth-order valence-corrected chi connectivity index (χ4v) is 3.17. The Morgan fingerprint density at radius 3 is 1.91 bits per heavy atom. The second-order valence-corrected chi connectivity index (χ2v) is 5.45. The van der Waals surface area contributed by atoms with Gasteiger partial charge in [0.05, 0.1) is 0 Å². The lowest BCUT2D eigenvalue weighted by Crippen LogP contribution is -2.20. The number of halogens is 3. The molecule has 4 heteroatoms. The summed E-state index contributed by atoms with van der Waals surface area (Å²) in [5.41, 5.74) is -0.0988. The molecule has 0 saturated carbocycles. The quantitative estimate of drug-likeness (QED) is 0.480. The predicted molar refractivity (Wildman–Crippen MR) is 81.2 cm³/mol. The fourth-order valence-electron chi connectivity index (χ4n) is 3.17. The SMILES string of the molecule is OC(c1ccc2ccc3cccc4ccc1c2c34)C(F)(F)F. The lowest BCUT2D eigenvalue weighted by atomic mass is 9.90. The van der Waals surface area contributed by atoms with E-state index in [-0.39, 0.29) is 5.56 Å². The first-order valence-electron chi connectivity index (χ1n) is 6.88. The van der Waals surface area contributed by atoms with E-state index in [1.807, 2.05) is 30.3 Å². The van der Waals surface area contributed by atoms with E-state index in [0.717, 1.165) is 26.9 Å². The van der Waals surface area contributed by atoms with Crippen molar-refractivity contribution < 1.29 is 18.3 Å². The van der Waals surface area contributed by atoms with Gasteiger partial charge in [-0.05, 0) is 37.9 Å². The third kappa shape index (κ3) is 1.77. The van der Waals surface area contributed by atoms with E-state index < -0.39 is 12.3 Å². The van der Waals surface area contributed by atoms with Crippen molar-refractivity contribution in [3.63, 3.8) is 0 Å². The second kappa shape index (κ2) is 4.34. The number of hydrogen-bond acceptors (Lipinski definition) is 1. The summed E-state index contributed by atoms with van der Waals surface area (Å²) >= 11 is 0. The minimum absolute atomic E-state index is 0.0988. The Balaban J connectivity index is 2.17. The molecule has 0 radical (unpaired) electrons. The van der Waals surface area contributed by atoms with Crippen LogP contribution in [-0.2, 0) is 0 Å². The van der Waals surface area contributed by atoms with Crippen molar-refractivity contribution >= 4 is 32.3 Å². The molecule has 0 saturated heterocycles. The Bertz CT molecular complexity index is 972. The highest BCUT2D eigenvalue weighted by Gasteiger charge is 2.40. The monoisotopic (exact) mass is 300 g/mol. The van der Waals surface area contributed by atoms with Gasteiger partial charge in [-0.3, -0.25) is 0 Å². The summed E-state index contributed by atoms with van der Waals surface area (Å²) in [6.45, 7) is 0. The average molecular weight is 300 g/mol. The maximum Gasteiger partial charge on any atom is 0.418 e. The van der Waals surface area contributed by atoms with Crippen LogP contribution in [0.2, 0.25) is 0 Å². The van der Waals surface area contributed by atoms with Crippen molar-refractivity contribution in [2.24, 2.45) is 0 Å². The molecule has 0 fully saturated rings. The van der Waals surface area contributed by atoms with E-state index in [1.165, 1.54) is 6.07 Å². The highest BCUT2D eigenvalue weighted by molar-refractivity contribution is 6.23. The lowest BCUT2D eigenvalue weighted by molar-refractivity contribution is -0.206. The highest BCUT2D eigenvalue weighted by Crippen LogP contribution is 2.41. The number of rotatable bonds is 1. The Kier molecular flexibility index (Phi) is 2.63. The van der Waals surface area contributed by atoms with Gasteiger partial charge >= 0.3 is 6.18 Å². The van der Waals surface area contributed by atoms with Crippen LogP contribution in [0.5, 0.6) is 0 Å². The maximum atomic E-state index is 12.9. The molecule has 1 nitrogen and oxygen atoms in total. The van der Waals surface area contributed by atoms with Gasteiger partial charge in [0.2, 0.25) is 0 Å². The van der Waals surface area contributed by atoms with Gasteiger partial charge in [0.25, 0.3) is 0 Å². The molecule has 1 N–H and O–H groups in total. The van der Waals surface area contributed by atoms with E-state index in [2.05, 4.69) is 0 Å². The molecular weight excluding hydrogens is 289 g/mol. The van der Waals surface area contributed by atoms with E-state index >= 15 is 0 Å². The van der Waals surface area contributed by atoms with Crippen LogP contribution in [0.15, 0.2) is 54.6 Å². The third-order valence-corrected chi connectivity index (χ3v) is 4.17. The zero-order valence-corrected chi connectivity index (χ0v) is 11.4. The zero-order valence-electron chi connectivity index (χ0n) is 11.4. The summed E-state index contributed by atoms with van der Waals surface area (Å²) in [6.07, 6.45) is -7.15. The van der Waals surface area contributed by atoms with Crippen molar-refractivity contribution in [2.75, 3.05) is 0 Å². The number of aliphatic hydroxyl groups is 1. The molecule has 0 aromatic heterocycles. The minimum atomic E-state index is -4.68. The predicted octanol–water partition coefficient (Wildman–Crippen LogP) is 5.18. The summed E-state index contributed by atoms with van der Waals surface area (Å²) in [7, 11) is 0. The Hall–Kier alpha value is -2.33. The normalized spacial score (nSPS) is 14.2. The first-order valence-corrected chi connectivity index (χ1v) is 6.88. The van der Waals surface area contributed by atoms with Crippen LogP contribution in [0, 0.1) is 0 Å². The molecule has 1 unspecified atom stereocenters. The molecule has 0 aliphatic heterocycles. The largest absolute Gasteiger partial charge is 0.418 e. The van der Waals surface area contributed by atoms with E-state index in [4.69, 9.17) is 0 Å². The van der Waals surface area contributed by atoms with Gasteiger partial charge in [0.15, 0.2) is 6.10 Å². The van der Waals surface area contributed by atoms with E-state index in [1.54, 1.807) is 18.2 Å². The summed E-state index contributed by atoms with van der Waals surface area (Å²) in [5.74, 6) is 0. The number of hydrogen-bond donors (Lipinski definition) is 1. The van der Waals surface area contributed by atoms with Gasteiger partial charge < -0.3 is 5.11 Å². The molecule has 22 heavy (non-hydrogen) atoms. The molecule has 0 aliphatic rings. The van der Waals surface area contributed by atoms with Crippen molar-refractivity contribution in [3.05, 3.63) is 60.2 Å². The van der Waals surface area contributed by atoms with Gasteiger partial charge in [0, 0.05) is 0 Å². The summed E-state index contributed by atoms with van der Waals surface area (Å²) in [6, 6.07) is 16.1. The van der Waals surface area contributed by atoms with Crippen molar-refractivity contribution in [1.29, 1.82) is 0 Å². The molecule has 0 bridgehead atoms. The van der Waals surface area contributed by atoms with Gasteiger partial charge in [0.1, 0.15) is 0 Å². The Labute approximate surface area is 123 Å². The molecular formula is C18H11F3O. The van der Waals surface area contributed by atoms with Gasteiger partial charge in [-0.15, -0.1) is 0 Å². The summed E-state index contributed by atoms with van der Waals surface area (Å²) in [5, 5.41) is 14.7. The van der Waals surface area contributed by atoms with Crippen LogP contribution in [0.1, 0.15) is 11.7 Å². The molecule has 0 spiro atoms. The van der Waals surface area contributed by atoms with Crippen LogP contribution < -0.4 is 0 Å². The second-order valence-electron chi connectivity index (χ2n) is 5.45. The molecule has 1 atom stereocenters. The topological polar surface area (TPSA) is 20.2 Å². The van der Waals surface area contributed by atoms with Gasteiger partial charge in [-0.1, -0.05) is 54.6 Å². The summed E-state index contributed by atoms with van der Waals surface area (Å²) < 4.78 is 38.7. The third-order valence-electron chi connectivity index (χ3n) is 4.17. The lowest BCUT2D eigenvalue weighted by Gasteiger charge is -2.19. The average Bonchev–Trinajstić information content (AvgIpc) is 2.51. The van der Waals surface area contributed by atoms with Crippen molar-refractivity contribution in [2.45, 2.75) is 12.3 Å². The molecule has 4 rings (SSSR count). The first kappa shape index (κ1) is 13.3. The molecule has 0 heterocycles. The van der Waals surface area contributed by atoms with Crippen molar-refractivity contribution in [1.82, 2.24) is 0 Å². The Morgan fingerprint density at radius 1 is 0.727 bits per heavy atom. The van der Waals surface area contributed by atoms with E-state index in [0.29, 0.717) is 5.39 Å². The molecule has 0 amide bonds. The van der Waals surface area contributed by atoms with Gasteiger partial charge in [-0.2, -0.15) is 13.2 Å². The number of alkyl halides is 3. The smallest absolute Gasteiger partial charge is 0.379 e. The molecule has 0 aliphatic carbocycles. The van der Waals surface area contributed by atoms with Gasteiger partial charge in [-0.25, -0.2) is 0 Å². The highest BCUT2D eigenvalue weighted by atomic mass is 19.4. The van der Waals surface area contributed by atoms with Crippen LogP contribution in [0.4, 0.5) is 13.2 Å². The van der Waals surface area contributed by atoms with E-state index in [9.17, 15) is 18.3 Å². The fraction of sp³-hybridized carbons (Fsp3) is 0.111. The van der Waals surface area contributed by atoms with Crippen LogP contribution in [0.25, 0.3) is 32.3 Å². The van der Waals surface area contributed by atoms with Crippen molar-refractivity contribution in [3.8, 4) is 0 Å². The standard InChI is InChI=1S/C18H11F3O/c19-18(20,21)17(22)14-9-7-12-5-4-10-2-1-3-11-6-8-13(14)16(12)15(10)11/h1-9,17,22H.